The molecule has 0 radical (unpaired) electrons. The Hall–Kier alpha value is -4.71. The Balaban J connectivity index is 1.47. The minimum absolute atomic E-state index is 0.182. The molecule has 1 saturated heterocycles. The first kappa shape index (κ1) is 29.8. The molecule has 3 heterocycles. The van der Waals surface area contributed by atoms with E-state index >= 15 is 0 Å². The van der Waals surface area contributed by atoms with Crippen molar-refractivity contribution in [3.05, 3.63) is 60.6 Å². The number of ether oxygens (including phenoxy) is 1. The van der Waals surface area contributed by atoms with Crippen LogP contribution in [0.15, 0.2) is 49.2 Å². The molecular weight excluding hydrogens is 551 g/mol. The van der Waals surface area contributed by atoms with Gasteiger partial charge < -0.3 is 30.1 Å². The first-order valence-corrected chi connectivity index (χ1v) is 14.3. The number of aryl methyl sites for hydroxylation is 1. The number of carbonyl (C=O) groups excluding carboxylic acids is 2. The van der Waals surface area contributed by atoms with Crippen LogP contribution in [-0.2, 0) is 16.0 Å². The fourth-order valence-electron chi connectivity index (χ4n) is 5.42. The van der Waals surface area contributed by atoms with E-state index in [1.165, 1.54) is 35.7 Å². The van der Waals surface area contributed by atoms with E-state index < -0.39 is 5.82 Å². The number of amides is 2. The summed E-state index contributed by atoms with van der Waals surface area (Å²) in [5.74, 6) is 0.181. The van der Waals surface area contributed by atoms with Gasteiger partial charge in [-0.05, 0) is 62.2 Å². The second-order valence-electron chi connectivity index (χ2n) is 10.7. The second-order valence-corrected chi connectivity index (χ2v) is 10.7. The molecule has 12 heteroatoms. The van der Waals surface area contributed by atoms with Crippen LogP contribution in [0.4, 0.5) is 44.6 Å². The van der Waals surface area contributed by atoms with Crippen molar-refractivity contribution in [2.24, 2.45) is 0 Å². The third-order valence-corrected chi connectivity index (χ3v) is 7.83. The summed E-state index contributed by atoms with van der Waals surface area (Å²) < 4.78 is 20.3. The summed E-state index contributed by atoms with van der Waals surface area (Å²) in [5, 5.41) is 6.05. The smallest absolute Gasteiger partial charge is 0.247 e. The van der Waals surface area contributed by atoms with Crippen molar-refractivity contribution in [1.29, 1.82) is 0 Å². The third-order valence-electron chi connectivity index (χ3n) is 7.83. The standard InChI is InChI=1S/C31H37FN8O3/c1-5-29(42)34-23-18-24(27(43-4)19-25(23)37(2)14-15-39-12-7-13-39)35-31-33-10-9-28(36-31)40(20-41)26-17-22(32)16-21-8-6-11-38(3)30(21)26/h5,9-10,16-20H,1,6-8,11-15H2,2-4H3,(H,34,42)(H,33,35,36). The largest absolute Gasteiger partial charge is 0.494 e. The predicted octanol–water partition coefficient (Wildman–Crippen LogP) is 4.31. The van der Waals surface area contributed by atoms with Gasteiger partial charge in [-0.2, -0.15) is 4.98 Å². The maximum Gasteiger partial charge on any atom is 0.247 e. The summed E-state index contributed by atoms with van der Waals surface area (Å²) in [6.07, 6.45) is 6.19. The van der Waals surface area contributed by atoms with E-state index in [9.17, 15) is 14.0 Å². The number of anilines is 7. The molecule has 2 aliphatic rings. The molecule has 0 saturated carbocycles. The number of methoxy groups -OCH3 is 1. The molecular formula is C31H37FN8O3. The van der Waals surface area contributed by atoms with Crippen molar-refractivity contribution in [1.82, 2.24) is 14.9 Å². The quantitative estimate of drug-likeness (QED) is 0.237. The summed E-state index contributed by atoms with van der Waals surface area (Å²) >= 11 is 0. The molecule has 0 unspecified atom stereocenters. The highest BCUT2D eigenvalue weighted by Gasteiger charge is 2.25. The van der Waals surface area contributed by atoms with Gasteiger partial charge in [-0.3, -0.25) is 14.5 Å². The zero-order chi connectivity index (χ0) is 30.5. The molecule has 43 heavy (non-hydrogen) atoms. The molecule has 2 N–H and O–H groups in total. The predicted molar refractivity (Wildman–Crippen MR) is 168 cm³/mol. The van der Waals surface area contributed by atoms with E-state index in [1.807, 2.05) is 25.1 Å². The van der Waals surface area contributed by atoms with E-state index in [-0.39, 0.29) is 17.7 Å². The molecule has 2 aromatic carbocycles. The average Bonchev–Trinajstić information content (AvgIpc) is 2.96. The minimum Gasteiger partial charge on any atom is -0.494 e. The molecule has 1 fully saturated rings. The number of hydrogen-bond donors (Lipinski definition) is 2. The fourth-order valence-corrected chi connectivity index (χ4v) is 5.42. The molecule has 0 atom stereocenters. The van der Waals surface area contributed by atoms with Crippen LogP contribution in [0.25, 0.3) is 0 Å². The van der Waals surface area contributed by atoms with Crippen LogP contribution in [0.5, 0.6) is 5.75 Å². The van der Waals surface area contributed by atoms with Crippen LogP contribution in [0.3, 0.4) is 0 Å². The van der Waals surface area contributed by atoms with Crippen LogP contribution in [0.1, 0.15) is 18.4 Å². The van der Waals surface area contributed by atoms with Crippen molar-refractivity contribution < 1.29 is 18.7 Å². The van der Waals surface area contributed by atoms with Gasteiger partial charge in [0.25, 0.3) is 0 Å². The molecule has 0 spiro atoms. The lowest BCUT2D eigenvalue weighted by Gasteiger charge is -2.33. The van der Waals surface area contributed by atoms with Gasteiger partial charge in [0, 0.05) is 52.1 Å². The van der Waals surface area contributed by atoms with Gasteiger partial charge in [-0.15, -0.1) is 0 Å². The van der Waals surface area contributed by atoms with Gasteiger partial charge in [0.15, 0.2) is 0 Å². The van der Waals surface area contributed by atoms with Crippen molar-refractivity contribution in [2.75, 3.05) is 79.3 Å². The summed E-state index contributed by atoms with van der Waals surface area (Å²) in [5.41, 5.74) is 3.89. The van der Waals surface area contributed by atoms with Crippen LogP contribution in [0.2, 0.25) is 0 Å². The summed E-state index contributed by atoms with van der Waals surface area (Å²) in [7, 11) is 5.45. The zero-order valence-electron chi connectivity index (χ0n) is 24.8. The van der Waals surface area contributed by atoms with Gasteiger partial charge in [-0.25, -0.2) is 9.37 Å². The number of halogens is 1. The minimum atomic E-state index is -0.419. The first-order valence-electron chi connectivity index (χ1n) is 14.3. The average molecular weight is 589 g/mol. The molecule has 1 aromatic heterocycles. The zero-order valence-corrected chi connectivity index (χ0v) is 24.8. The molecule has 5 rings (SSSR count). The number of likely N-dealkylation sites (N-methyl/N-ethyl adjacent to an activating group) is 1. The number of likely N-dealkylation sites (tertiary alicyclic amines) is 1. The SMILES string of the molecule is C=CC(=O)Nc1cc(Nc2nccc(N(C=O)c3cc(F)cc4c3N(C)CCC4)n2)c(OC)cc1N(C)CCN1CCC1. The maximum atomic E-state index is 14.6. The van der Waals surface area contributed by atoms with Crippen molar-refractivity contribution in [3.63, 3.8) is 0 Å². The lowest BCUT2D eigenvalue weighted by molar-refractivity contribution is -0.112. The highest BCUT2D eigenvalue weighted by molar-refractivity contribution is 6.02. The normalized spacial score (nSPS) is 14.3. The van der Waals surface area contributed by atoms with Crippen LogP contribution in [-0.4, -0.2) is 81.1 Å². The Morgan fingerprint density at radius 1 is 1.16 bits per heavy atom. The second kappa shape index (κ2) is 13.1. The summed E-state index contributed by atoms with van der Waals surface area (Å²) in [6.45, 7) is 8.24. The van der Waals surface area contributed by atoms with Crippen LogP contribution >= 0.6 is 0 Å². The van der Waals surface area contributed by atoms with Crippen molar-refractivity contribution >= 4 is 52.5 Å². The van der Waals surface area contributed by atoms with E-state index in [0.717, 1.165) is 62.5 Å². The molecule has 0 aliphatic carbocycles. The Bertz CT molecular complexity index is 1510. The number of aromatic nitrogens is 2. The Morgan fingerprint density at radius 2 is 1.98 bits per heavy atom. The van der Waals surface area contributed by atoms with Crippen LogP contribution < -0.4 is 30.1 Å². The lowest BCUT2D eigenvalue weighted by atomic mass is 10.00. The first-order chi connectivity index (χ1) is 20.8. The van der Waals surface area contributed by atoms with Gasteiger partial charge >= 0.3 is 0 Å². The topological polar surface area (TPSA) is 106 Å². The van der Waals surface area contributed by atoms with Gasteiger partial charge in [0.2, 0.25) is 18.3 Å². The van der Waals surface area contributed by atoms with E-state index in [0.29, 0.717) is 29.2 Å². The maximum absolute atomic E-state index is 14.6. The van der Waals surface area contributed by atoms with Crippen molar-refractivity contribution in [3.8, 4) is 5.75 Å². The fraction of sp³-hybridized carbons (Fsp3) is 0.355. The number of nitrogens with zero attached hydrogens (tertiary/aromatic N) is 6. The highest BCUT2D eigenvalue weighted by Crippen LogP contribution is 2.40. The van der Waals surface area contributed by atoms with Crippen molar-refractivity contribution in [2.45, 2.75) is 19.3 Å². The van der Waals surface area contributed by atoms with E-state index in [4.69, 9.17) is 4.74 Å². The van der Waals surface area contributed by atoms with Crippen LogP contribution in [0, 0.1) is 5.82 Å². The van der Waals surface area contributed by atoms with Gasteiger partial charge in [0.05, 0.1) is 35.5 Å². The molecule has 2 aliphatic heterocycles. The molecule has 3 aromatic rings. The number of carbonyl (C=O) groups is 2. The molecule has 0 bridgehead atoms. The highest BCUT2D eigenvalue weighted by atomic mass is 19.1. The molecule has 2 amide bonds. The van der Waals surface area contributed by atoms with E-state index in [1.54, 1.807) is 19.2 Å². The Labute approximate surface area is 250 Å². The van der Waals surface area contributed by atoms with Gasteiger partial charge in [0.1, 0.15) is 17.4 Å². The van der Waals surface area contributed by atoms with Gasteiger partial charge in [-0.1, -0.05) is 6.58 Å². The number of fused-ring (bicyclic) bond motifs is 1. The summed E-state index contributed by atoms with van der Waals surface area (Å²) in [6, 6.07) is 8.04. The lowest BCUT2D eigenvalue weighted by Crippen LogP contribution is -2.42. The Kier molecular flexibility index (Phi) is 9.05. The third kappa shape index (κ3) is 6.54. The molecule has 11 nitrogen and oxygen atoms in total. The number of rotatable bonds is 12. The summed E-state index contributed by atoms with van der Waals surface area (Å²) in [4.78, 5) is 41.4. The van der Waals surface area contributed by atoms with E-state index in [2.05, 4.69) is 37.0 Å². The number of hydrogen-bond acceptors (Lipinski definition) is 9. The monoisotopic (exact) mass is 588 g/mol. The number of benzene rings is 2. The molecule has 226 valence electrons. The number of nitrogens with one attached hydrogen (secondary N) is 2. The Morgan fingerprint density at radius 3 is 2.67 bits per heavy atom.